The first-order valence-corrected chi connectivity index (χ1v) is 13.3. The Morgan fingerprint density at radius 1 is 1.21 bits per heavy atom. The second-order valence-electron chi connectivity index (χ2n) is 8.35. The molecule has 3 aromatic rings. The number of alkyl halides is 3. The number of rotatable bonds is 11. The van der Waals surface area contributed by atoms with Gasteiger partial charge in [0.15, 0.2) is 4.34 Å². The summed E-state index contributed by atoms with van der Waals surface area (Å²) in [7, 11) is 0. The van der Waals surface area contributed by atoms with Gasteiger partial charge in [-0.15, -0.1) is 0 Å². The summed E-state index contributed by atoms with van der Waals surface area (Å²) in [4.78, 5) is 16.3. The van der Waals surface area contributed by atoms with Crippen LogP contribution in [0.2, 0.25) is 0 Å². The van der Waals surface area contributed by atoms with Crippen molar-refractivity contribution < 1.29 is 27.1 Å². The molecule has 9 heteroatoms. The Kier molecular flexibility index (Phi) is 9.09. The van der Waals surface area contributed by atoms with E-state index in [0.717, 1.165) is 71.0 Å². The van der Waals surface area contributed by atoms with E-state index in [0.29, 0.717) is 17.2 Å². The highest BCUT2D eigenvalue weighted by Gasteiger charge is 2.31. The van der Waals surface area contributed by atoms with E-state index in [1.54, 1.807) is 11.8 Å². The van der Waals surface area contributed by atoms with Gasteiger partial charge in [-0.25, -0.2) is 4.98 Å². The fraction of sp³-hybridized carbons (Fsp3) is 0.520. The van der Waals surface area contributed by atoms with E-state index in [4.69, 9.17) is 9.15 Å². The number of unbranched alkanes of at least 4 members (excludes halogenated alkanes) is 1. The first kappa shape index (κ1) is 26.6. The average molecular weight is 514 g/mol. The Bertz CT molecular complexity index is 1120. The average Bonchev–Trinajstić information content (AvgIpc) is 3.29. The lowest BCUT2D eigenvalue weighted by atomic mass is 9.93. The molecule has 1 unspecified atom stereocenters. The minimum Gasteiger partial charge on any atom is -0.460 e. The molecule has 0 amide bonds. The molecular weight excluding hydrogens is 483 g/mol. The van der Waals surface area contributed by atoms with Gasteiger partial charge in [0.05, 0.1) is 11.3 Å². The first-order chi connectivity index (χ1) is 16.1. The van der Waals surface area contributed by atoms with Crippen LogP contribution in [0.4, 0.5) is 13.2 Å². The van der Waals surface area contributed by atoms with Gasteiger partial charge < -0.3 is 9.15 Å². The van der Waals surface area contributed by atoms with Gasteiger partial charge in [-0.2, -0.15) is 13.2 Å². The van der Waals surface area contributed by atoms with Crippen molar-refractivity contribution in [2.24, 2.45) is 0 Å². The van der Waals surface area contributed by atoms with Crippen LogP contribution in [0, 0.1) is 13.8 Å². The molecule has 0 saturated heterocycles. The number of thiazole rings is 1. The molecule has 186 valence electrons. The summed E-state index contributed by atoms with van der Waals surface area (Å²) in [5, 5.41) is 1.27. The van der Waals surface area contributed by atoms with Crippen molar-refractivity contribution in [3.05, 3.63) is 40.8 Å². The molecule has 3 rings (SSSR count). The largest absolute Gasteiger partial charge is 0.460 e. The number of thioether (sulfide) groups is 1. The molecule has 0 saturated carbocycles. The van der Waals surface area contributed by atoms with Crippen molar-refractivity contribution in [3.63, 3.8) is 0 Å². The fourth-order valence-electron chi connectivity index (χ4n) is 3.83. The van der Waals surface area contributed by atoms with Gasteiger partial charge in [-0.3, -0.25) is 4.79 Å². The number of hydrogen-bond donors (Lipinski definition) is 0. The van der Waals surface area contributed by atoms with Crippen molar-refractivity contribution >= 4 is 40.0 Å². The summed E-state index contributed by atoms with van der Waals surface area (Å²) in [6.45, 7) is 7.79. The maximum atomic E-state index is 13.1. The quantitative estimate of drug-likeness (QED) is 0.190. The van der Waals surface area contributed by atoms with Crippen LogP contribution in [0.3, 0.4) is 0 Å². The van der Waals surface area contributed by atoms with Crippen molar-refractivity contribution in [2.45, 2.75) is 82.7 Å². The molecule has 0 aliphatic heterocycles. The number of carbonyl (C=O) groups excluding carboxylic acids is 1. The van der Waals surface area contributed by atoms with Gasteiger partial charge >= 0.3 is 12.1 Å². The van der Waals surface area contributed by atoms with Crippen LogP contribution in [-0.4, -0.2) is 16.7 Å². The van der Waals surface area contributed by atoms with E-state index >= 15 is 0 Å². The second kappa shape index (κ2) is 11.6. The van der Waals surface area contributed by atoms with E-state index < -0.39 is 11.7 Å². The molecule has 0 bridgehead atoms. The Labute approximate surface area is 206 Å². The zero-order chi connectivity index (χ0) is 24.9. The van der Waals surface area contributed by atoms with Crippen molar-refractivity contribution in [1.82, 2.24) is 4.98 Å². The molecule has 0 N–H and O–H groups in total. The van der Waals surface area contributed by atoms with Crippen LogP contribution in [-0.2, 0) is 11.0 Å². The van der Waals surface area contributed by atoms with E-state index in [-0.39, 0.29) is 17.5 Å². The molecule has 0 aliphatic rings. The molecule has 2 heterocycles. The van der Waals surface area contributed by atoms with Crippen molar-refractivity contribution in [1.29, 1.82) is 0 Å². The van der Waals surface area contributed by atoms with Crippen LogP contribution in [0.5, 0.6) is 5.06 Å². The third-order valence-corrected chi connectivity index (χ3v) is 7.88. The van der Waals surface area contributed by atoms with E-state index in [1.807, 2.05) is 20.8 Å². The minimum atomic E-state index is -4.40. The molecule has 2 aromatic heterocycles. The summed E-state index contributed by atoms with van der Waals surface area (Å²) >= 11 is 2.97. The Morgan fingerprint density at radius 3 is 2.65 bits per heavy atom. The molecule has 4 nitrogen and oxygen atoms in total. The number of nitrogens with zero attached hydrogens (tertiary/aromatic N) is 1. The number of aromatic nitrogens is 1. The number of ether oxygens (including phenoxy) is 1. The van der Waals surface area contributed by atoms with Crippen molar-refractivity contribution in [3.8, 4) is 5.06 Å². The lowest BCUT2D eigenvalue weighted by Crippen LogP contribution is -2.06. The maximum absolute atomic E-state index is 13.1. The normalized spacial score (nSPS) is 12.9. The molecule has 34 heavy (non-hydrogen) atoms. The minimum absolute atomic E-state index is 0.108. The van der Waals surface area contributed by atoms with E-state index in [1.165, 1.54) is 17.4 Å². The summed E-state index contributed by atoms with van der Waals surface area (Å²) in [5.41, 5.74) is 1.19. The molecule has 1 aromatic carbocycles. The van der Waals surface area contributed by atoms with Gasteiger partial charge in [0.1, 0.15) is 11.3 Å². The van der Waals surface area contributed by atoms with Gasteiger partial charge in [0.2, 0.25) is 5.06 Å². The SMILES string of the molecule is CCCCC(CCSc1nc(C)c(OC(=O)CCC)s1)c1oc2cc(C(F)(F)F)ccc2c1C. The first-order valence-electron chi connectivity index (χ1n) is 11.5. The van der Waals surface area contributed by atoms with Crippen LogP contribution in [0.25, 0.3) is 11.0 Å². The smallest absolute Gasteiger partial charge is 0.416 e. The van der Waals surface area contributed by atoms with Gasteiger partial charge in [-0.05, 0) is 50.8 Å². The molecule has 0 fully saturated rings. The summed E-state index contributed by atoms with van der Waals surface area (Å²) in [6, 6.07) is 3.71. The lowest BCUT2D eigenvalue weighted by Gasteiger charge is -2.15. The van der Waals surface area contributed by atoms with Gasteiger partial charge in [-0.1, -0.05) is 55.9 Å². The third kappa shape index (κ3) is 6.56. The topological polar surface area (TPSA) is 52.3 Å². The summed E-state index contributed by atoms with van der Waals surface area (Å²) < 4.78 is 51.7. The highest BCUT2D eigenvalue weighted by atomic mass is 32.2. The Morgan fingerprint density at radius 2 is 1.97 bits per heavy atom. The Hall–Kier alpha value is -2.00. The fourth-order valence-corrected chi connectivity index (χ4v) is 5.99. The predicted molar refractivity (Wildman–Crippen MR) is 131 cm³/mol. The number of esters is 1. The highest BCUT2D eigenvalue weighted by molar-refractivity contribution is 8.01. The Balaban J connectivity index is 1.73. The maximum Gasteiger partial charge on any atom is 0.416 e. The van der Waals surface area contributed by atoms with Gasteiger partial charge in [0.25, 0.3) is 0 Å². The van der Waals surface area contributed by atoms with Crippen LogP contribution >= 0.6 is 23.1 Å². The lowest BCUT2D eigenvalue weighted by molar-refractivity contribution is -0.137. The molecular formula is C25H30F3NO3S2. The monoisotopic (exact) mass is 513 g/mol. The molecule has 0 spiro atoms. The van der Waals surface area contributed by atoms with Crippen LogP contribution in [0.1, 0.15) is 80.9 Å². The van der Waals surface area contributed by atoms with Crippen LogP contribution in [0.15, 0.2) is 27.0 Å². The van der Waals surface area contributed by atoms with Crippen molar-refractivity contribution in [2.75, 3.05) is 5.75 Å². The summed E-state index contributed by atoms with van der Waals surface area (Å²) in [6.07, 6.45) is 0.452. The second-order valence-corrected chi connectivity index (χ2v) is 10.7. The highest BCUT2D eigenvalue weighted by Crippen LogP contribution is 2.40. The van der Waals surface area contributed by atoms with Crippen LogP contribution < -0.4 is 4.74 Å². The summed E-state index contributed by atoms with van der Waals surface area (Å²) in [5.74, 6) is 1.40. The predicted octanol–water partition coefficient (Wildman–Crippen LogP) is 8.69. The number of furan rings is 1. The standard InChI is InChI=1S/C25H30F3NO3S2/c1-5-7-9-17(12-13-33-24-29-16(4)23(34-24)32-21(30)8-6-2)22-15(3)19-11-10-18(25(26,27)28)14-20(19)31-22/h10-11,14,17H,5-9,12-13H2,1-4H3. The van der Waals surface area contributed by atoms with E-state index in [9.17, 15) is 18.0 Å². The zero-order valence-corrected chi connectivity index (χ0v) is 21.5. The number of hydrogen-bond acceptors (Lipinski definition) is 6. The molecule has 0 radical (unpaired) electrons. The number of carbonyl (C=O) groups is 1. The number of fused-ring (bicyclic) bond motifs is 1. The zero-order valence-electron chi connectivity index (χ0n) is 19.9. The molecule has 1 atom stereocenters. The van der Waals surface area contributed by atoms with Gasteiger partial charge in [0, 0.05) is 23.5 Å². The van der Waals surface area contributed by atoms with E-state index in [2.05, 4.69) is 11.9 Å². The number of aryl methyl sites for hydroxylation is 2. The number of benzene rings is 1. The third-order valence-electron chi connectivity index (χ3n) is 5.67. The number of halogens is 3. The molecule has 0 aliphatic carbocycles.